The van der Waals surface area contributed by atoms with Crippen LogP contribution in [0.5, 0.6) is 5.88 Å². The van der Waals surface area contributed by atoms with E-state index in [0.29, 0.717) is 32.6 Å². The molecule has 198 valence electrons. The zero-order valence-corrected chi connectivity index (χ0v) is 22.6. The maximum Gasteiger partial charge on any atom is 0.325 e. The van der Waals surface area contributed by atoms with Crippen molar-refractivity contribution in [3.05, 3.63) is 121 Å². The van der Waals surface area contributed by atoms with Crippen LogP contribution in [0.15, 0.2) is 77.6 Å². The lowest BCUT2D eigenvalue weighted by atomic mass is 10.0. The molecule has 0 bridgehead atoms. The predicted octanol–water partition coefficient (Wildman–Crippen LogP) is 5.96. The topological polar surface area (TPSA) is 116 Å². The normalized spacial score (nSPS) is 11.9. The second kappa shape index (κ2) is 10.8. The van der Waals surface area contributed by atoms with Crippen molar-refractivity contribution in [1.29, 1.82) is 0 Å². The highest BCUT2D eigenvalue weighted by molar-refractivity contribution is 6.32. The van der Waals surface area contributed by atoms with E-state index in [-0.39, 0.29) is 29.7 Å². The lowest BCUT2D eigenvalue weighted by Gasteiger charge is -2.14. The molecule has 3 aromatic carbocycles. The van der Waals surface area contributed by atoms with Crippen LogP contribution in [-0.4, -0.2) is 30.8 Å². The van der Waals surface area contributed by atoms with E-state index in [1.807, 2.05) is 56.3 Å². The van der Waals surface area contributed by atoms with Gasteiger partial charge in [-0.25, -0.2) is 9.48 Å². The fraction of sp³-hybridized carbons (Fsp3) is 0.138. The number of halogens is 2. The van der Waals surface area contributed by atoms with E-state index in [1.54, 1.807) is 35.0 Å². The third-order valence-electron chi connectivity index (χ3n) is 6.46. The minimum atomic E-state index is -0.562. The van der Waals surface area contributed by atoms with Crippen LogP contribution in [-0.2, 0) is 6.42 Å². The van der Waals surface area contributed by atoms with Crippen LogP contribution >= 0.6 is 23.2 Å². The fourth-order valence-electron chi connectivity index (χ4n) is 4.42. The number of rotatable bonds is 7. The Bertz CT molecular complexity index is 1700. The summed E-state index contributed by atoms with van der Waals surface area (Å²) in [6, 6.07) is 21.8. The lowest BCUT2D eigenvalue weighted by Crippen LogP contribution is -2.28. The Kier molecular flexibility index (Phi) is 7.32. The third kappa shape index (κ3) is 5.48. The summed E-state index contributed by atoms with van der Waals surface area (Å²) >= 11 is 12.7. The summed E-state index contributed by atoms with van der Waals surface area (Å²) in [7, 11) is 0. The van der Waals surface area contributed by atoms with Gasteiger partial charge < -0.3 is 15.4 Å². The summed E-state index contributed by atoms with van der Waals surface area (Å²) < 4.78 is 1.61. The first-order valence-corrected chi connectivity index (χ1v) is 13.0. The summed E-state index contributed by atoms with van der Waals surface area (Å²) in [5.41, 5.74) is 4.15. The number of para-hydroxylation sites is 1. The number of carbonyl (C=O) groups is 1. The number of nitrogens with zero attached hydrogens (tertiary/aromatic N) is 2. The van der Waals surface area contributed by atoms with Crippen LogP contribution in [0.3, 0.4) is 0 Å². The van der Waals surface area contributed by atoms with Gasteiger partial charge >= 0.3 is 5.69 Å². The quantitative estimate of drug-likeness (QED) is 0.196. The minimum Gasteiger partial charge on any atom is -0.493 e. The van der Waals surface area contributed by atoms with Gasteiger partial charge in [-0.1, -0.05) is 77.3 Å². The molecule has 10 heteroatoms. The molecular weight excluding hydrogens is 537 g/mol. The van der Waals surface area contributed by atoms with E-state index >= 15 is 0 Å². The highest BCUT2D eigenvalue weighted by Gasteiger charge is 2.28. The van der Waals surface area contributed by atoms with Crippen LogP contribution in [0.1, 0.15) is 45.8 Å². The summed E-state index contributed by atoms with van der Waals surface area (Å²) in [6.45, 7) is 3.89. The number of hydrogen-bond acceptors (Lipinski definition) is 4. The molecular formula is C29H25Cl2N5O3. The number of aromatic amines is 2. The number of H-pyrrole nitrogens is 2. The van der Waals surface area contributed by atoms with Crippen molar-refractivity contribution in [2.45, 2.75) is 26.3 Å². The highest BCUT2D eigenvalue weighted by atomic mass is 35.5. The first-order valence-electron chi connectivity index (χ1n) is 12.2. The maximum atomic E-state index is 13.8. The lowest BCUT2D eigenvalue weighted by molar-refractivity contribution is 0.0933. The van der Waals surface area contributed by atoms with E-state index in [0.717, 1.165) is 11.1 Å². The van der Waals surface area contributed by atoms with Crippen molar-refractivity contribution in [1.82, 2.24) is 25.1 Å². The van der Waals surface area contributed by atoms with Gasteiger partial charge in [-0.3, -0.25) is 9.78 Å². The second-order valence-electron chi connectivity index (χ2n) is 9.23. The van der Waals surface area contributed by atoms with Gasteiger partial charge in [0.15, 0.2) is 5.69 Å². The van der Waals surface area contributed by atoms with Crippen LogP contribution in [0.4, 0.5) is 0 Å². The minimum absolute atomic E-state index is 0.00858. The van der Waals surface area contributed by atoms with Crippen LogP contribution in [0, 0.1) is 6.92 Å². The summed E-state index contributed by atoms with van der Waals surface area (Å²) in [6.07, 6.45) is 0.00858. The number of aryl methyl sites for hydroxylation is 1. The molecule has 8 nitrogen and oxygen atoms in total. The zero-order chi connectivity index (χ0) is 27.7. The Hall–Kier alpha value is -4.27. The van der Waals surface area contributed by atoms with E-state index in [2.05, 4.69) is 15.3 Å². The van der Waals surface area contributed by atoms with Crippen molar-refractivity contribution in [2.24, 2.45) is 0 Å². The molecule has 2 heterocycles. The van der Waals surface area contributed by atoms with Crippen molar-refractivity contribution >= 4 is 29.1 Å². The molecule has 4 N–H and O–H groups in total. The Balaban J connectivity index is 1.69. The number of aromatic nitrogens is 4. The molecule has 0 fully saturated rings. The number of imidazole rings is 1. The van der Waals surface area contributed by atoms with Gasteiger partial charge in [-0.15, -0.1) is 0 Å². The molecule has 39 heavy (non-hydrogen) atoms. The number of amides is 1. The van der Waals surface area contributed by atoms with Gasteiger partial charge in [-0.2, -0.15) is 5.10 Å². The average Bonchev–Trinajstić information content (AvgIpc) is 3.44. The molecule has 5 aromatic rings. The van der Waals surface area contributed by atoms with Crippen LogP contribution in [0.2, 0.25) is 10.0 Å². The molecule has 1 amide bonds. The summed E-state index contributed by atoms with van der Waals surface area (Å²) in [5, 5.41) is 19.1. The zero-order valence-electron chi connectivity index (χ0n) is 21.1. The third-order valence-corrected chi connectivity index (χ3v) is 7.03. The van der Waals surface area contributed by atoms with Crippen molar-refractivity contribution < 1.29 is 9.90 Å². The molecule has 5 rings (SSSR count). The molecule has 2 aromatic heterocycles. The van der Waals surface area contributed by atoms with Crippen molar-refractivity contribution in [2.75, 3.05) is 0 Å². The van der Waals surface area contributed by atoms with Crippen LogP contribution < -0.4 is 11.0 Å². The van der Waals surface area contributed by atoms with E-state index in [4.69, 9.17) is 28.3 Å². The fourth-order valence-corrected chi connectivity index (χ4v) is 4.76. The molecule has 1 atom stereocenters. The molecule has 0 aliphatic rings. The first kappa shape index (κ1) is 26.3. The Morgan fingerprint density at radius 3 is 2.36 bits per heavy atom. The molecule has 0 unspecified atom stereocenters. The van der Waals surface area contributed by atoms with Gasteiger partial charge in [-0.05, 0) is 43.7 Å². The Morgan fingerprint density at radius 1 is 1.03 bits per heavy atom. The summed E-state index contributed by atoms with van der Waals surface area (Å²) in [5.74, 6) is -0.733. The van der Waals surface area contributed by atoms with E-state index < -0.39 is 11.6 Å². The molecule has 0 aliphatic carbocycles. The number of aromatic hydroxyl groups is 1. The molecule has 0 saturated heterocycles. The van der Waals surface area contributed by atoms with Gasteiger partial charge in [0.1, 0.15) is 0 Å². The number of benzene rings is 3. The van der Waals surface area contributed by atoms with Gasteiger partial charge in [0.25, 0.3) is 5.91 Å². The van der Waals surface area contributed by atoms with Gasteiger partial charge in [0.2, 0.25) is 5.88 Å². The second-order valence-corrected chi connectivity index (χ2v) is 10.1. The number of nitrogens with one attached hydrogen (secondary N) is 3. The van der Waals surface area contributed by atoms with Crippen molar-refractivity contribution in [3.63, 3.8) is 0 Å². The number of carbonyl (C=O) groups excluding carboxylic acids is 1. The van der Waals surface area contributed by atoms with Crippen molar-refractivity contribution in [3.8, 4) is 22.8 Å². The molecule has 0 radical (unpaired) electrons. The highest BCUT2D eigenvalue weighted by Crippen LogP contribution is 2.34. The summed E-state index contributed by atoms with van der Waals surface area (Å²) in [4.78, 5) is 30.6. The standard InChI is InChI=1S/C29H25Cl2N5O3/c1-16-7-9-18(10-8-16)17(2)32-28(38)25-21(15-23-27(37)34-29(39)33-23)26(19-11-13-20(30)14-12-19)36(35-25)24-6-4-3-5-22(24)31/h3-14,17,37H,15H2,1-2H3,(H,32,38)(H2,33,34,39)/t17-/m1/s1. The van der Waals surface area contributed by atoms with Gasteiger partial charge in [0.05, 0.1) is 28.1 Å². The molecule has 0 saturated carbocycles. The number of hydrogen-bond donors (Lipinski definition) is 4. The smallest absolute Gasteiger partial charge is 0.325 e. The maximum absolute atomic E-state index is 13.8. The van der Waals surface area contributed by atoms with Gasteiger partial charge in [0, 0.05) is 22.6 Å². The van der Waals surface area contributed by atoms with E-state index in [1.165, 1.54) is 0 Å². The SMILES string of the molecule is Cc1ccc([C@@H](C)NC(=O)c2nn(-c3ccccc3Cl)c(-c3ccc(Cl)cc3)c2Cc2[nH]c(=O)[nH]c2O)cc1. The predicted molar refractivity (Wildman–Crippen MR) is 152 cm³/mol. The first-order chi connectivity index (χ1) is 18.7. The molecule has 0 aliphatic heterocycles. The average molecular weight is 562 g/mol. The van der Waals surface area contributed by atoms with Crippen LogP contribution in [0.25, 0.3) is 16.9 Å². The molecule has 0 spiro atoms. The Morgan fingerprint density at radius 2 is 1.72 bits per heavy atom. The largest absolute Gasteiger partial charge is 0.493 e. The Labute approximate surface area is 234 Å². The monoisotopic (exact) mass is 561 g/mol. The van der Waals surface area contributed by atoms with E-state index in [9.17, 15) is 14.7 Å².